The molecule has 120 valence electrons. The minimum Gasteiger partial charge on any atom is -0.504 e. The van der Waals surface area contributed by atoms with Crippen molar-refractivity contribution in [1.29, 1.82) is 0 Å². The van der Waals surface area contributed by atoms with Crippen LogP contribution >= 0.6 is 0 Å². The molecular formula is C19H16N2O3. The quantitative estimate of drug-likeness (QED) is 0.572. The van der Waals surface area contributed by atoms with Gasteiger partial charge < -0.3 is 9.84 Å². The predicted molar refractivity (Wildman–Crippen MR) is 93.7 cm³/mol. The van der Waals surface area contributed by atoms with Crippen LogP contribution in [0.5, 0.6) is 11.5 Å². The lowest BCUT2D eigenvalue weighted by Crippen LogP contribution is -2.17. The predicted octanol–water partition coefficient (Wildman–Crippen LogP) is 3.32. The number of fused-ring (bicyclic) bond motifs is 1. The number of carbonyl (C=O) groups is 1. The average Bonchev–Trinajstić information content (AvgIpc) is 2.62. The minimum absolute atomic E-state index is 0.0197. The molecule has 3 rings (SSSR count). The summed E-state index contributed by atoms with van der Waals surface area (Å²) in [6, 6.07) is 18.3. The SMILES string of the molecule is COc1cc(C(=O)N/N=C/c2ccc3ccccc3c2)ccc1O. The molecular weight excluding hydrogens is 304 g/mol. The summed E-state index contributed by atoms with van der Waals surface area (Å²) in [7, 11) is 1.43. The number of nitrogens with zero attached hydrogens (tertiary/aromatic N) is 1. The molecule has 0 aromatic heterocycles. The van der Waals surface area contributed by atoms with Gasteiger partial charge in [0.15, 0.2) is 11.5 Å². The van der Waals surface area contributed by atoms with Crippen LogP contribution in [0, 0.1) is 0 Å². The first-order valence-electron chi connectivity index (χ1n) is 7.36. The van der Waals surface area contributed by atoms with Crippen molar-refractivity contribution in [2.24, 2.45) is 5.10 Å². The fourth-order valence-corrected chi connectivity index (χ4v) is 2.34. The molecule has 5 nitrogen and oxygen atoms in total. The Morgan fingerprint density at radius 3 is 2.67 bits per heavy atom. The van der Waals surface area contributed by atoms with E-state index >= 15 is 0 Å². The summed E-state index contributed by atoms with van der Waals surface area (Å²) in [6.07, 6.45) is 1.59. The zero-order chi connectivity index (χ0) is 16.9. The van der Waals surface area contributed by atoms with Gasteiger partial charge in [0, 0.05) is 5.56 Å². The Balaban J connectivity index is 1.71. The summed E-state index contributed by atoms with van der Waals surface area (Å²) >= 11 is 0. The zero-order valence-electron chi connectivity index (χ0n) is 13.1. The number of phenolic OH excluding ortho intramolecular Hbond substituents is 1. The van der Waals surface area contributed by atoms with E-state index < -0.39 is 0 Å². The molecule has 5 heteroatoms. The van der Waals surface area contributed by atoms with Gasteiger partial charge in [0.25, 0.3) is 5.91 Å². The van der Waals surface area contributed by atoms with E-state index in [9.17, 15) is 9.90 Å². The number of carbonyl (C=O) groups excluding carboxylic acids is 1. The second kappa shape index (κ2) is 6.83. The summed E-state index contributed by atoms with van der Waals surface area (Å²) in [4.78, 5) is 12.1. The van der Waals surface area contributed by atoms with Gasteiger partial charge in [-0.15, -0.1) is 0 Å². The zero-order valence-corrected chi connectivity index (χ0v) is 13.1. The first-order valence-corrected chi connectivity index (χ1v) is 7.36. The van der Waals surface area contributed by atoms with Crippen molar-refractivity contribution in [2.75, 3.05) is 7.11 Å². The molecule has 0 spiro atoms. The normalized spacial score (nSPS) is 10.9. The Hall–Kier alpha value is -3.34. The number of ether oxygens (including phenoxy) is 1. The van der Waals surface area contributed by atoms with E-state index in [4.69, 9.17) is 4.74 Å². The number of amides is 1. The van der Waals surface area contributed by atoms with E-state index in [1.54, 1.807) is 6.21 Å². The summed E-state index contributed by atoms with van der Waals surface area (Å²) in [5, 5.41) is 15.8. The monoisotopic (exact) mass is 320 g/mol. The van der Waals surface area contributed by atoms with E-state index in [1.165, 1.54) is 25.3 Å². The average molecular weight is 320 g/mol. The molecule has 0 atom stereocenters. The maximum atomic E-state index is 12.1. The van der Waals surface area contributed by atoms with E-state index in [-0.39, 0.29) is 17.4 Å². The van der Waals surface area contributed by atoms with Gasteiger partial charge in [0.05, 0.1) is 13.3 Å². The van der Waals surface area contributed by atoms with E-state index in [1.807, 2.05) is 42.5 Å². The van der Waals surface area contributed by atoms with Gasteiger partial charge >= 0.3 is 0 Å². The lowest BCUT2D eigenvalue weighted by molar-refractivity contribution is 0.0955. The van der Waals surface area contributed by atoms with Crippen LogP contribution < -0.4 is 10.2 Å². The number of hydrogen-bond donors (Lipinski definition) is 2. The number of rotatable bonds is 4. The summed E-state index contributed by atoms with van der Waals surface area (Å²) < 4.78 is 4.98. The maximum absolute atomic E-state index is 12.1. The van der Waals surface area contributed by atoms with Gasteiger partial charge in [0.1, 0.15) is 0 Å². The van der Waals surface area contributed by atoms with Gasteiger partial charge in [0.2, 0.25) is 0 Å². The molecule has 3 aromatic carbocycles. The van der Waals surface area contributed by atoms with Crippen molar-refractivity contribution in [2.45, 2.75) is 0 Å². The van der Waals surface area contributed by atoms with Crippen LogP contribution in [0.1, 0.15) is 15.9 Å². The molecule has 0 radical (unpaired) electrons. The number of nitrogens with one attached hydrogen (secondary N) is 1. The molecule has 0 aliphatic carbocycles. The van der Waals surface area contributed by atoms with Crippen LogP contribution in [0.25, 0.3) is 10.8 Å². The third-order valence-corrected chi connectivity index (χ3v) is 3.60. The van der Waals surface area contributed by atoms with Crippen LogP contribution in [0.4, 0.5) is 0 Å². The van der Waals surface area contributed by atoms with Crippen molar-refractivity contribution in [3.8, 4) is 11.5 Å². The Morgan fingerprint density at radius 2 is 1.88 bits per heavy atom. The van der Waals surface area contributed by atoms with Crippen molar-refractivity contribution in [3.63, 3.8) is 0 Å². The second-order valence-electron chi connectivity index (χ2n) is 5.19. The van der Waals surface area contributed by atoms with Gasteiger partial charge in [-0.1, -0.05) is 36.4 Å². The van der Waals surface area contributed by atoms with E-state index in [0.717, 1.165) is 16.3 Å². The van der Waals surface area contributed by atoms with Crippen molar-refractivity contribution in [3.05, 3.63) is 71.8 Å². The lowest BCUT2D eigenvalue weighted by atomic mass is 10.1. The van der Waals surface area contributed by atoms with Crippen LogP contribution in [0.2, 0.25) is 0 Å². The summed E-state index contributed by atoms with van der Waals surface area (Å²) in [6.45, 7) is 0. The highest BCUT2D eigenvalue weighted by atomic mass is 16.5. The Bertz CT molecular complexity index is 919. The summed E-state index contributed by atoms with van der Waals surface area (Å²) in [5.74, 6) is -0.166. The molecule has 0 saturated heterocycles. The van der Waals surface area contributed by atoms with Crippen LogP contribution in [0.3, 0.4) is 0 Å². The van der Waals surface area contributed by atoms with Crippen molar-refractivity contribution < 1.29 is 14.6 Å². The number of hydrogen-bond acceptors (Lipinski definition) is 4. The van der Waals surface area contributed by atoms with Gasteiger partial charge in [-0.25, -0.2) is 5.43 Å². The third kappa shape index (κ3) is 3.35. The van der Waals surface area contributed by atoms with Crippen LogP contribution in [0.15, 0.2) is 65.8 Å². The molecule has 1 amide bonds. The minimum atomic E-state index is -0.384. The fourth-order valence-electron chi connectivity index (χ4n) is 2.34. The molecule has 0 heterocycles. The smallest absolute Gasteiger partial charge is 0.271 e. The Morgan fingerprint density at radius 1 is 1.08 bits per heavy atom. The molecule has 0 fully saturated rings. The number of hydrazone groups is 1. The summed E-state index contributed by atoms with van der Waals surface area (Å²) in [5.41, 5.74) is 3.69. The molecule has 0 aliphatic rings. The highest BCUT2D eigenvalue weighted by Crippen LogP contribution is 2.26. The number of phenols is 1. The number of methoxy groups -OCH3 is 1. The highest BCUT2D eigenvalue weighted by molar-refractivity contribution is 5.96. The Kier molecular flexibility index (Phi) is 4.43. The van der Waals surface area contributed by atoms with Crippen LogP contribution in [-0.2, 0) is 0 Å². The third-order valence-electron chi connectivity index (χ3n) is 3.60. The molecule has 24 heavy (non-hydrogen) atoms. The largest absolute Gasteiger partial charge is 0.504 e. The first kappa shape index (κ1) is 15.6. The highest BCUT2D eigenvalue weighted by Gasteiger charge is 2.08. The van der Waals surface area contributed by atoms with Gasteiger partial charge in [-0.2, -0.15) is 5.10 Å². The lowest BCUT2D eigenvalue weighted by Gasteiger charge is -2.05. The van der Waals surface area contributed by atoms with Crippen LogP contribution in [-0.4, -0.2) is 24.3 Å². The molecule has 0 bridgehead atoms. The molecule has 0 saturated carbocycles. The number of benzene rings is 3. The van der Waals surface area contributed by atoms with E-state index in [0.29, 0.717) is 5.56 Å². The first-order chi connectivity index (χ1) is 11.7. The molecule has 0 unspecified atom stereocenters. The second-order valence-corrected chi connectivity index (χ2v) is 5.19. The Labute approximate surface area is 139 Å². The molecule has 2 N–H and O–H groups in total. The van der Waals surface area contributed by atoms with Crippen molar-refractivity contribution >= 4 is 22.9 Å². The molecule has 0 aliphatic heterocycles. The maximum Gasteiger partial charge on any atom is 0.271 e. The topological polar surface area (TPSA) is 70.9 Å². The van der Waals surface area contributed by atoms with Gasteiger partial charge in [-0.3, -0.25) is 4.79 Å². The standard InChI is InChI=1S/C19H16N2O3/c1-24-18-11-16(8-9-17(18)22)19(23)21-20-12-13-6-7-14-4-2-3-5-15(14)10-13/h2-12,22H,1H3,(H,21,23)/b20-12+. The van der Waals surface area contributed by atoms with Crippen molar-refractivity contribution in [1.82, 2.24) is 5.43 Å². The molecule has 3 aromatic rings. The fraction of sp³-hybridized carbons (Fsp3) is 0.0526. The van der Waals surface area contributed by atoms with E-state index in [2.05, 4.69) is 10.5 Å². The number of aromatic hydroxyl groups is 1. The van der Waals surface area contributed by atoms with Gasteiger partial charge in [-0.05, 0) is 40.6 Å².